The highest BCUT2D eigenvalue weighted by atomic mass is 79.9. The maximum absolute atomic E-state index is 10.4. The number of nitro groups is 1. The summed E-state index contributed by atoms with van der Waals surface area (Å²) < 4.78 is 2.15. The normalized spacial score (nSPS) is 9.77. The molecule has 0 heterocycles. The summed E-state index contributed by atoms with van der Waals surface area (Å²) in [6.07, 6.45) is 0. The van der Waals surface area contributed by atoms with E-state index in [9.17, 15) is 10.1 Å². The van der Waals surface area contributed by atoms with Gasteiger partial charge >= 0.3 is 0 Å². The van der Waals surface area contributed by atoms with E-state index in [-0.39, 0.29) is 0 Å². The van der Waals surface area contributed by atoms with Crippen LogP contribution in [0.5, 0.6) is 0 Å². The molecule has 0 N–H and O–H groups in total. The predicted molar refractivity (Wildman–Crippen MR) is 60.2 cm³/mol. The molecule has 0 bridgehead atoms. The lowest BCUT2D eigenvalue weighted by Crippen LogP contribution is -2.17. The highest BCUT2D eigenvalue weighted by molar-refractivity contribution is 9.13. The average molecular weight is 375 g/mol. The molecule has 0 aromatic heterocycles. The van der Waals surface area contributed by atoms with Gasteiger partial charge in [0, 0.05) is 4.47 Å². The fourth-order valence-corrected chi connectivity index (χ4v) is 2.04. The Morgan fingerprint density at radius 3 is 2.54 bits per heavy atom. The van der Waals surface area contributed by atoms with E-state index in [0.717, 1.165) is 8.51 Å². The van der Waals surface area contributed by atoms with Gasteiger partial charge in [-0.1, -0.05) is 6.07 Å². The molecule has 7 heteroatoms. The molecule has 0 aliphatic carbocycles. The van der Waals surface area contributed by atoms with Gasteiger partial charge in [-0.15, -0.1) is 0 Å². The zero-order valence-electron chi connectivity index (χ0n) is 6.08. The first-order valence-electron chi connectivity index (χ1n) is 3.08. The first kappa shape index (κ1) is 10.9. The Hall–Kier alpha value is -0.140. The summed E-state index contributed by atoms with van der Waals surface area (Å²) >= 11 is 9.29. The van der Waals surface area contributed by atoms with Gasteiger partial charge in [-0.3, -0.25) is 0 Å². The summed E-state index contributed by atoms with van der Waals surface area (Å²) in [5.41, 5.74) is 0.430. The van der Waals surface area contributed by atoms with Crippen LogP contribution in [-0.4, -0.2) is 5.03 Å². The van der Waals surface area contributed by atoms with Gasteiger partial charge in [0.25, 0.3) is 0 Å². The molecule has 0 spiro atoms. The van der Waals surface area contributed by atoms with E-state index in [2.05, 4.69) is 48.0 Å². The lowest BCUT2D eigenvalue weighted by Gasteiger charge is -2.07. The highest BCUT2D eigenvalue weighted by Gasteiger charge is 2.17. The molecule has 13 heavy (non-hydrogen) atoms. The molecule has 1 rings (SSSR count). The fraction of sp³-hybridized carbons (Fsp3) is 0. The van der Waals surface area contributed by atoms with Crippen molar-refractivity contribution in [2.24, 2.45) is 0 Å². The van der Waals surface area contributed by atoms with Crippen LogP contribution < -0.4 is 4.03 Å². The molecule has 0 radical (unpaired) electrons. The van der Waals surface area contributed by atoms with Crippen molar-refractivity contribution in [1.29, 1.82) is 0 Å². The topological polar surface area (TPSA) is 46.4 Å². The van der Waals surface area contributed by atoms with Gasteiger partial charge in [0.2, 0.25) is 0 Å². The van der Waals surface area contributed by atoms with E-state index < -0.39 is 5.03 Å². The molecule has 0 saturated heterocycles. The number of halogens is 3. The molecule has 0 aliphatic heterocycles. The minimum absolute atomic E-state index is 0.430. The lowest BCUT2D eigenvalue weighted by atomic mass is 10.3. The molecule has 0 amide bonds. The summed E-state index contributed by atoms with van der Waals surface area (Å²) in [6.45, 7) is 0. The SMILES string of the molecule is O=[N+]([O-])N(Br)c1cccc(Br)c1Br. The molecule has 0 atom stereocenters. The Kier molecular flexibility index (Phi) is 3.69. The van der Waals surface area contributed by atoms with Gasteiger partial charge in [-0.05, 0) is 48.0 Å². The van der Waals surface area contributed by atoms with Crippen molar-refractivity contribution in [3.8, 4) is 0 Å². The van der Waals surface area contributed by atoms with Crippen LogP contribution in [0.3, 0.4) is 0 Å². The largest absolute Gasteiger partial charge is 0.234 e. The number of nitrogens with zero attached hydrogens (tertiary/aromatic N) is 2. The Labute approximate surface area is 99.6 Å². The smallest absolute Gasteiger partial charge is 0.176 e. The average Bonchev–Trinajstić information content (AvgIpc) is 2.08. The van der Waals surface area contributed by atoms with E-state index in [4.69, 9.17) is 0 Å². The van der Waals surface area contributed by atoms with Crippen LogP contribution in [0.15, 0.2) is 27.1 Å². The molecule has 1 aromatic rings. The second kappa shape index (κ2) is 4.39. The molecule has 0 fully saturated rings. The van der Waals surface area contributed by atoms with Crippen LogP contribution in [0, 0.1) is 10.1 Å². The third kappa shape index (κ3) is 2.41. The van der Waals surface area contributed by atoms with Crippen molar-refractivity contribution in [3.63, 3.8) is 0 Å². The maximum Gasteiger partial charge on any atom is 0.176 e. The number of hydrogen-bond donors (Lipinski definition) is 0. The number of benzene rings is 1. The summed E-state index contributed by atoms with van der Waals surface area (Å²) in [5, 5.41) is 9.85. The van der Waals surface area contributed by atoms with Crippen molar-refractivity contribution < 1.29 is 5.03 Å². The van der Waals surface area contributed by atoms with Crippen LogP contribution in [0.4, 0.5) is 5.69 Å². The fourth-order valence-electron chi connectivity index (χ4n) is 0.723. The minimum atomic E-state index is -0.563. The highest BCUT2D eigenvalue weighted by Crippen LogP contribution is 2.34. The van der Waals surface area contributed by atoms with E-state index in [1.165, 1.54) is 0 Å². The summed E-state index contributed by atoms with van der Waals surface area (Å²) in [5.74, 6) is 0. The Balaban J connectivity index is 3.15. The lowest BCUT2D eigenvalue weighted by molar-refractivity contribution is -0.470. The van der Waals surface area contributed by atoms with Crippen LogP contribution in [0.1, 0.15) is 0 Å². The Bertz CT molecular complexity index is 345. The summed E-state index contributed by atoms with van der Waals surface area (Å²) in [7, 11) is 0. The Morgan fingerprint density at radius 1 is 1.38 bits per heavy atom. The molecule has 4 nitrogen and oxygen atoms in total. The van der Waals surface area contributed by atoms with Gasteiger partial charge in [-0.25, -0.2) is 10.1 Å². The van der Waals surface area contributed by atoms with Gasteiger partial charge in [-0.2, -0.15) is 0 Å². The molecule has 1 aromatic carbocycles. The van der Waals surface area contributed by atoms with Crippen LogP contribution in [-0.2, 0) is 0 Å². The van der Waals surface area contributed by atoms with E-state index in [1.807, 2.05) is 0 Å². The van der Waals surface area contributed by atoms with E-state index >= 15 is 0 Å². The molecule has 0 saturated carbocycles. The molecule has 0 aliphatic rings. The first-order valence-corrected chi connectivity index (χ1v) is 5.38. The maximum atomic E-state index is 10.4. The first-order chi connectivity index (χ1) is 6.04. The zero-order valence-corrected chi connectivity index (χ0v) is 10.8. The quantitative estimate of drug-likeness (QED) is 0.452. The molecule has 0 unspecified atom stereocenters. The monoisotopic (exact) mass is 372 g/mol. The standard InChI is InChI=1S/C6H3Br3N2O2/c7-4-2-1-3-5(6(4)8)10(9)11(12)13/h1-3H. The van der Waals surface area contributed by atoms with Crippen molar-refractivity contribution in [2.45, 2.75) is 0 Å². The molecule has 70 valence electrons. The van der Waals surface area contributed by atoms with Gasteiger partial charge in [0.05, 0.1) is 4.47 Å². The second-order valence-electron chi connectivity index (χ2n) is 2.07. The van der Waals surface area contributed by atoms with Crippen molar-refractivity contribution in [2.75, 3.05) is 4.03 Å². The summed E-state index contributed by atoms with van der Waals surface area (Å²) in [4.78, 5) is 10.4. The van der Waals surface area contributed by atoms with Crippen molar-refractivity contribution in [1.82, 2.24) is 0 Å². The minimum Gasteiger partial charge on any atom is -0.234 e. The number of hydrazine groups is 1. The third-order valence-electron chi connectivity index (χ3n) is 1.27. The number of rotatable bonds is 2. The van der Waals surface area contributed by atoms with E-state index in [1.54, 1.807) is 18.2 Å². The van der Waals surface area contributed by atoms with Crippen LogP contribution >= 0.6 is 48.0 Å². The van der Waals surface area contributed by atoms with Gasteiger partial charge in [0.15, 0.2) is 5.03 Å². The zero-order chi connectivity index (χ0) is 10.0. The van der Waals surface area contributed by atoms with Crippen LogP contribution in [0.25, 0.3) is 0 Å². The molecular formula is C6H3Br3N2O2. The molecular weight excluding hydrogens is 372 g/mol. The third-order valence-corrected chi connectivity index (χ3v) is 3.94. The number of hydrogen-bond acceptors (Lipinski definition) is 2. The van der Waals surface area contributed by atoms with E-state index in [0.29, 0.717) is 10.2 Å². The predicted octanol–water partition coefficient (Wildman–Crippen LogP) is 3.52. The van der Waals surface area contributed by atoms with Crippen LogP contribution in [0.2, 0.25) is 0 Å². The Morgan fingerprint density at radius 2 is 2.00 bits per heavy atom. The summed E-state index contributed by atoms with van der Waals surface area (Å²) in [6, 6.07) is 5.11. The van der Waals surface area contributed by atoms with Crippen molar-refractivity contribution >= 4 is 53.7 Å². The van der Waals surface area contributed by atoms with Crippen molar-refractivity contribution in [3.05, 3.63) is 37.3 Å². The van der Waals surface area contributed by atoms with Gasteiger partial charge < -0.3 is 0 Å². The second-order valence-corrected chi connectivity index (χ2v) is 4.39. The van der Waals surface area contributed by atoms with Gasteiger partial charge in [0.1, 0.15) is 21.8 Å². The number of anilines is 1.